The predicted molar refractivity (Wildman–Crippen MR) is 97.1 cm³/mol. The molecule has 0 unspecified atom stereocenters. The van der Waals surface area contributed by atoms with Gasteiger partial charge in [0.25, 0.3) is 0 Å². The van der Waals surface area contributed by atoms with Crippen LogP contribution < -0.4 is 10.6 Å². The maximum Gasteiger partial charge on any atom is 0.191 e. The van der Waals surface area contributed by atoms with Crippen molar-refractivity contribution >= 4 is 17.7 Å². The zero-order valence-corrected chi connectivity index (χ0v) is 15.8. The lowest BCUT2D eigenvalue weighted by Gasteiger charge is -2.24. The Bertz CT molecular complexity index is 474. The maximum absolute atomic E-state index is 5.35. The molecule has 0 atom stereocenters. The van der Waals surface area contributed by atoms with Gasteiger partial charge < -0.3 is 19.9 Å². The van der Waals surface area contributed by atoms with Crippen LogP contribution in [0, 0.1) is 6.92 Å². The first-order chi connectivity index (χ1) is 11.0. The molecule has 6 nitrogen and oxygen atoms in total. The molecule has 0 fully saturated rings. The summed E-state index contributed by atoms with van der Waals surface area (Å²) in [7, 11) is 0. The minimum Gasteiger partial charge on any atom is -0.382 e. The van der Waals surface area contributed by atoms with Crippen molar-refractivity contribution in [1.82, 2.24) is 15.8 Å². The van der Waals surface area contributed by atoms with Crippen LogP contribution >= 0.6 is 11.8 Å². The smallest absolute Gasteiger partial charge is 0.191 e. The van der Waals surface area contributed by atoms with Crippen molar-refractivity contribution in [2.24, 2.45) is 4.99 Å². The van der Waals surface area contributed by atoms with Gasteiger partial charge in [-0.2, -0.15) is 11.8 Å². The molecule has 0 bridgehead atoms. The van der Waals surface area contributed by atoms with E-state index >= 15 is 0 Å². The monoisotopic (exact) mass is 342 g/mol. The van der Waals surface area contributed by atoms with Gasteiger partial charge in [0.2, 0.25) is 0 Å². The third kappa shape index (κ3) is 8.86. The highest BCUT2D eigenvalue weighted by atomic mass is 32.2. The van der Waals surface area contributed by atoms with Gasteiger partial charge in [-0.15, -0.1) is 0 Å². The SMILES string of the molecule is CCOCCCNC(=NCc1cc(C)on1)NCC(C)(C)SC. The molecule has 0 aliphatic rings. The number of hydrogen-bond acceptors (Lipinski definition) is 5. The molecular weight excluding hydrogens is 312 g/mol. The van der Waals surface area contributed by atoms with Crippen LogP contribution in [0.5, 0.6) is 0 Å². The molecule has 0 aromatic carbocycles. The fourth-order valence-electron chi connectivity index (χ4n) is 1.72. The maximum atomic E-state index is 5.35. The van der Waals surface area contributed by atoms with E-state index in [4.69, 9.17) is 9.26 Å². The van der Waals surface area contributed by atoms with Gasteiger partial charge in [0.15, 0.2) is 5.96 Å². The fourth-order valence-corrected chi connectivity index (χ4v) is 1.94. The molecule has 0 spiro atoms. The van der Waals surface area contributed by atoms with E-state index in [1.165, 1.54) is 0 Å². The van der Waals surface area contributed by atoms with Gasteiger partial charge in [0.1, 0.15) is 11.5 Å². The van der Waals surface area contributed by atoms with Crippen LogP contribution in [0.4, 0.5) is 0 Å². The summed E-state index contributed by atoms with van der Waals surface area (Å²) in [5.74, 6) is 1.60. The Hall–Kier alpha value is -1.21. The first-order valence-corrected chi connectivity index (χ1v) is 9.26. The summed E-state index contributed by atoms with van der Waals surface area (Å²) in [6, 6.07) is 1.90. The number of nitrogens with one attached hydrogen (secondary N) is 2. The lowest BCUT2D eigenvalue weighted by Crippen LogP contribution is -2.43. The Morgan fingerprint density at radius 3 is 2.83 bits per heavy atom. The van der Waals surface area contributed by atoms with Gasteiger partial charge in [-0.1, -0.05) is 5.16 Å². The van der Waals surface area contributed by atoms with E-state index in [0.29, 0.717) is 6.54 Å². The molecule has 132 valence electrons. The molecule has 1 aromatic rings. The first kappa shape index (κ1) is 19.8. The Balaban J connectivity index is 2.52. The summed E-state index contributed by atoms with van der Waals surface area (Å²) >= 11 is 1.83. The van der Waals surface area contributed by atoms with Crippen LogP contribution in [0.2, 0.25) is 0 Å². The second kappa shape index (κ2) is 10.5. The number of ether oxygens (including phenoxy) is 1. The number of aryl methyl sites for hydroxylation is 1. The van der Waals surface area contributed by atoms with Crippen LogP contribution in [0.3, 0.4) is 0 Å². The topological polar surface area (TPSA) is 71.7 Å². The molecule has 0 aliphatic heterocycles. The van der Waals surface area contributed by atoms with E-state index in [0.717, 1.165) is 50.1 Å². The third-order valence-corrected chi connectivity index (χ3v) is 4.52. The van der Waals surface area contributed by atoms with E-state index in [1.54, 1.807) is 0 Å². The number of rotatable bonds is 10. The van der Waals surface area contributed by atoms with Crippen LogP contribution in [0.15, 0.2) is 15.6 Å². The summed E-state index contributed by atoms with van der Waals surface area (Å²) in [4.78, 5) is 4.58. The van der Waals surface area contributed by atoms with Gasteiger partial charge in [0, 0.05) is 37.1 Å². The largest absolute Gasteiger partial charge is 0.382 e. The molecule has 23 heavy (non-hydrogen) atoms. The van der Waals surface area contributed by atoms with Crippen LogP contribution in [0.1, 0.15) is 38.6 Å². The highest BCUT2D eigenvalue weighted by Crippen LogP contribution is 2.19. The van der Waals surface area contributed by atoms with Crippen molar-refractivity contribution in [1.29, 1.82) is 0 Å². The van der Waals surface area contributed by atoms with E-state index in [-0.39, 0.29) is 4.75 Å². The minimum absolute atomic E-state index is 0.151. The van der Waals surface area contributed by atoms with Crippen LogP contribution in [-0.4, -0.2) is 48.4 Å². The standard InChI is InChI=1S/C16H30N4O2S/c1-6-21-9-7-8-17-15(19-12-16(3,4)23-5)18-11-14-10-13(2)22-20-14/h10H,6-9,11-12H2,1-5H3,(H2,17,18,19). The minimum atomic E-state index is 0.151. The number of aromatic nitrogens is 1. The summed E-state index contributed by atoms with van der Waals surface area (Å²) in [5.41, 5.74) is 0.835. The number of guanidine groups is 1. The molecule has 0 saturated carbocycles. The molecule has 2 N–H and O–H groups in total. The van der Waals surface area contributed by atoms with Crippen molar-refractivity contribution in [3.8, 4) is 0 Å². The lowest BCUT2D eigenvalue weighted by atomic mass is 10.2. The Kier molecular flexibility index (Phi) is 9.09. The highest BCUT2D eigenvalue weighted by molar-refractivity contribution is 7.99. The predicted octanol–water partition coefficient (Wildman–Crippen LogP) is 2.59. The van der Waals surface area contributed by atoms with Crippen molar-refractivity contribution < 1.29 is 9.26 Å². The van der Waals surface area contributed by atoms with Crippen molar-refractivity contribution in [3.05, 3.63) is 17.5 Å². The molecule has 7 heteroatoms. The highest BCUT2D eigenvalue weighted by Gasteiger charge is 2.16. The summed E-state index contributed by atoms with van der Waals surface area (Å²) in [6.07, 6.45) is 3.07. The summed E-state index contributed by atoms with van der Waals surface area (Å²) in [6.45, 7) is 12.0. The van der Waals surface area contributed by atoms with Crippen LogP contribution in [0.25, 0.3) is 0 Å². The molecule has 0 aliphatic carbocycles. The quantitative estimate of drug-likeness (QED) is 0.387. The average Bonchev–Trinajstić information content (AvgIpc) is 2.94. The van der Waals surface area contributed by atoms with E-state index in [2.05, 4.69) is 40.9 Å². The van der Waals surface area contributed by atoms with Gasteiger partial charge in [-0.25, -0.2) is 4.99 Å². The fraction of sp³-hybridized carbons (Fsp3) is 0.750. The van der Waals surface area contributed by atoms with Crippen molar-refractivity contribution in [2.75, 3.05) is 32.6 Å². The van der Waals surface area contributed by atoms with E-state index in [9.17, 15) is 0 Å². The normalized spacial score (nSPS) is 12.5. The molecule has 0 radical (unpaired) electrons. The zero-order chi connectivity index (χ0) is 17.1. The Labute approximate surface area is 143 Å². The number of hydrogen-bond donors (Lipinski definition) is 2. The molecule has 0 saturated heterocycles. The molecule has 1 rings (SSSR count). The molecule has 1 heterocycles. The van der Waals surface area contributed by atoms with Gasteiger partial charge in [0.05, 0.1) is 6.54 Å². The molecule has 1 aromatic heterocycles. The van der Waals surface area contributed by atoms with Crippen molar-refractivity contribution in [3.63, 3.8) is 0 Å². The number of thioether (sulfide) groups is 1. The van der Waals surface area contributed by atoms with Gasteiger partial charge in [-0.05, 0) is 40.4 Å². The van der Waals surface area contributed by atoms with E-state index < -0.39 is 0 Å². The average molecular weight is 343 g/mol. The first-order valence-electron chi connectivity index (χ1n) is 8.04. The second-order valence-electron chi connectivity index (χ2n) is 5.89. The van der Waals surface area contributed by atoms with E-state index in [1.807, 2.05) is 31.7 Å². The zero-order valence-electron chi connectivity index (χ0n) is 14.9. The third-order valence-electron chi connectivity index (χ3n) is 3.27. The van der Waals surface area contributed by atoms with Crippen LogP contribution in [-0.2, 0) is 11.3 Å². The summed E-state index contributed by atoms with van der Waals surface area (Å²) < 4.78 is 10.6. The van der Waals surface area contributed by atoms with Crippen molar-refractivity contribution in [2.45, 2.75) is 45.4 Å². The number of nitrogens with zero attached hydrogens (tertiary/aromatic N) is 2. The Morgan fingerprint density at radius 2 is 2.22 bits per heavy atom. The lowest BCUT2D eigenvalue weighted by molar-refractivity contribution is 0.145. The summed E-state index contributed by atoms with van der Waals surface area (Å²) in [5, 5.41) is 10.7. The molecule has 0 amide bonds. The van der Waals surface area contributed by atoms with Gasteiger partial charge in [-0.3, -0.25) is 0 Å². The number of aliphatic imine (C=N–C) groups is 1. The Morgan fingerprint density at radius 1 is 1.43 bits per heavy atom. The molecular formula is C16H30N4O2S. The van der Waals surface area contributed by atoms with Gasteiger partial charge >= 0.3 is 0 Å². The second-order valence-corrected chi connectivity index (χ2v) is 7.40.